The molecule has 386 valence electrons. The Bertz CT molecular complexity index is 1220. The number of nitrogens with two attached hydrogens (primary N) is 1. The molecule has 0 bridgehead atoms. The summed E-state index contributed by atoms with van der Waals surface area (Å²) in [5.74, 6) is -0.831. The number of unbranched alkanes of at least 4 members (excludes halogenated alkanes) is 31. The van der Waals surface area contributed by atoms with Gasteiger partial charge >= 0.3 is 19.8 Å². The van der Waals surface area contributed by atoms with E-state index >= 15 is 0 Å². The maximum Gasteiger partial charge on any atom is 0.472 e. The summed E-state index contributed by atoms with van der Waals surface area (Å²) in [5, 5.41) is 0. The van der Waals surface area contributed by atoms with Crippen molar-refractivity contribution in [1.29, 1.82) is 0 Å². The summed E-state index contributed by atoms with van der Waals surface area (Å²) >= 11 is 0. The van der Waals surface area contributed by atoms with Gasteiger partial charge in [-0.2, -0.15) is 0 Å². The molecule has 0 spiro atoms. The van der Waals surface area contributed by atoms with E-state index in [-0.39, 0.29) is 38.6 Å². The molecule has 0 aromatic heterocycles. The molecule has 0 saturated heterocycles. The maximum atomic E-state index is 12.7. The second-order valence-electron chi connectivity index (χ2n) is 18.4. The van der Waals surface area contributed by atoms with E-state index in [2.05, 4.69) is 62.5 Å². The van der Waals surface area contributed by atoms with Gasteiger partial charge in [-0.15, -0.1) is 0 Å². The number of rotatable bonds is 52. The summed E-state index contributed by atoms with van der Waals surface area (Å²) in [4.78, 5) is 35.1. The molecule has 66 heavy (non-hydrogen) atoms. The number of ether oxygens (including phenoxy) is 2. The molecule has 0 aliphatic rings. The van der Waals surface area contributed by atoms with Crippen LogP contribution in [0.2, 0.25) is 0 Å². The standard InChI is InChI=1S/C56H104NO8P/c1-3-5-7-9-11-13-15-17-19-21-22-23-24-25-26-27-28-29-30-31-32-33-35-37-39-41-43-45-47-49-56(59)65-54(53-64-66(60,61)63-51-50-57)52-62-55(58)48-46-44-42-40-38-36-34-20-18-16-14-12-10-8-6-4-2/h15,17,20-22,24-25,34,54H,3-14,16,18-19,23,26-33,35-53,57H2,1-2H3,(H,60,61)/b17-15-,22-21-,25-24-,34-20-. The Hall–Kier alpha value is -2.03. The lowest BCUT2D eigenvalue weighted by Crippen LogP contribution is -2.29. The SMILES string of the molecule is CCCCCCC/C=C\C/C=C\C/C=C\CCCCCCCCCCCCCCCCC(=O)OC(COC(=O)CCCCCCC/C=C\CCCCCCCCC)COP(=O)(O)OCCN. The van der Waals surface area contributed by atoms with Gasteiger partial charge < -0.3 is 20.1 Å². The highest BCUT2D eigenvalue weighted by molar-refractivity contribution is 7.47. The number of hydrogen-bond acceptors (Lipinski definition) is 8. The van der Waals surface area contributed by atoms with Crippen LogP contribution in [0, 0.1) is 0 Å². The molecule has 0 aliphatic carbocycles. The Kier molecular flexibility index (Phi) is 50.7. The molecule has 0 heterocycles. The first-order chi connectivity index (χ1) is 32.3. The number of phosphoric acid groups is 1. The van der Waals surface area contributed by atoms with E-state index in [9.17, 15) is 19.0 Å². The fourth-order valence-corrected chi connectivity index (χ4v) is 8.58. The third-order valence-corrected chi connectivity index (χ3v) is 12.9. The van der Waals surface area contributed by atoms with Crippen LogP contribution in [0.4, 0.5) is 0 Å². The minimum atomic E-state index is -4.39. The van der Waals surface area contributed by atoms with Gasteiger partial charge in [0.15, 0.2) is 6.10 Å². The zero-order valence-corrected chi connectivity index (χ0v) is 43.8. The zero-order valence-electron chi connectivity index (χ0n) is 42.9. The molecule has 0 radical (unpaired) electrons. The van der Waals surface area contributed by atoms with E-state index in [0.717, 1.165) is 70.6 Å². The lowest BCUT2D eigenvalue weighted by molar-refractivity contribution is -0.161. The number of carbonyl (C=O) groups excluding carboxylic acids is 2. The van der Waals surface area contributed by atoms with Crippen molar-refractivity contribution < 1.29 is 37.6 Å². The molecule has 0 aromatic rings. The Balaban J connectivity index is 3.96. The highest BCUT2D eigenvalue weighted by Gasteiger charge is 2.26. The summed E-state index contributed by atoms with van der Waals surface area (Å²) in [6, 6.07) is 0. The quantitative estimate of drug-likeness (QED) is 0.0264. The first kappa shape index (κ1) is 64.0. The zero-order chi connectivity index (χ0) is 48.1. The van der Waals surface area contributed by atoms with Gasteiger partial charge in [-0.05, 0) is 77.0 Å². The summed E-state index contributed by atoms with van der Waals surface area (Å²) in [7, 11) is -4.39. The van der Waals surface area contributed by atoms with E-state index in [4.69, 9.17) is 24.3 Å². The van der Waals surface area contributed by atoms with Crippen LogP contribution in [0.25, 0.3) is 0 Å². The van der Waals surface area contributed by atoms with Gasteiger partial charge in [-0.1, -0.05) is 223 Å². The number of carbonyl (C=O) groups is 2. The Labute approximate surface area is 407 Å². The average Bonchev–Trinajstić information content (AvgIpc) is 3.31. The molecule has 10 heteroatoms. The van der Waals surface area contributed by atoms with Crippen molar-refractivity contribution in [2.45, 2.75) is 270 Å². The predicted molar refractivity (Wildman–Crippen MR) is 280 cm³/mol. The average molecular weight is 950 g/mol. The van der Waals surface area contributed by atoms with Crippen molar-refractivity contribution >= 4 is 19.8 Å². The minimum Gasteiger partial charge on any atom is -0.462 e. The Morgan fingerprint density at radius 2 is 0.788 bits per heavy atom. The minimum absolute atomic E-state index is 0.0521. The number of esters is 2. The Morgan fingerprint density at radius 3 is 1.18 bits per heavy atom. The molecule has 3 N–H and O–H groups in total. The second kappa shape index (κ2) is 52.3. The normalized spacial score (nSPS) is 13.5. The van der Waals surface area contributed by atoms with Gasteiger partial charge in [0.25, 0.3) is 0 Å². The van der Waals surface area contributed by atoms with Crippen LogP contribution in [0.3, 0.4) is 0 Å². The fourth-order valence-electron chi connectivity index (χ4n) is 7.81. The first-order valence-corrected chi connectivity index (χ1v) is 29.1. The van der Waals surface area contributed by atoms with Crippen molar-refractivity contribution in [3.63, 3.8) is 0 Å². The van der Waals surface area contributed by atoms with Gasteiger partial charge in [-0.3, -0.25) is 18.6 Å². The van der Waals surface area contributed by atoms with E-state index < -0.39 is 26.5 Å². The number of hydrogen-bond donors (Lipinski definition) is 2. The third kappa shape index (κ3) is 51.4. The molecule has 2 unspecified atom stereocenters. The van der Waals surface area contributed by atoms with Crippen molar-refractivity contribution in [1.82, 2.24) is 0 Å². The predicted octanol–water partition coefficient (Wildman–Crippen LogP) is 17.0. The van der Waals surface area contributed by atoms with E-state index in [1.165, 1.54) is 161 Å². The topological polar surface area (TPSA) is 134 Å². The number of phosphoric ester groups is 1. The first-order valence-electron chi connectivity index (χ1n) is 27.6. The lowest BCUT2D eigenvalue weighted by Gasteiger charge is -2.19. The molecule has 0 amide bonds. The van der Waals surface area contributed by atoms with Crippen LogP contribution in [0.15, 0.2) is 48.6 Å². The fraction of sp³-hybridized carbons (Fsp3) is 0.821. The highest BCUT2D eigenvalue weighted by Crippen LogP contribution is 2.43. The summed E-state index contributed by atoms with van der Waals surface area (Å²) in [6.45, 7) is 3.74. The van der Waals surface area contributed by atoms with Crippen LogP contribution in [-0.2, 0) is 32.7 Å². The lowest BCUT2D eigenvalue weighted by atomic mass is 10.0. The van der Waals surface area contributed by atoms with Crippen LogP contribution in [0.1, 0.15) is 264 Å². The van der Waals surface area contributed by atoms with Gasteiger partial charge in [0.2, 0.25) is 0 Å². The van der Waals surface area contributed by atoms with E-state index in [1.54, 1.807) is 0 Å². The van der Waals surface area contributed by atoms with E-state index in [1.807, 2.05) is 0 Å². The number of allylic oxidation sites excluding steroid dienone is 8. The molecule has 0 rings (SSSR count). The highest BCUT2D eigenvalue weighted by atomic mass is 31.2. The van der Waals surface area contributed by atoms with Gasteiger partial charge in [0, 0.05) is 19.4 Å². The van der Waals surface area contributed by atoms with E-state index in [0.29, 0.717) is 6.42 Å². The molecular formula is C56H104NO8P. The second-order valence-corrected chi connectivity index (χ2v) is 19.9. The van der Waals surface area contributed by atoms with Gasteiger partial charge in [-0.25, -0.2) is 4.57 Å². The monoisotopic (exact) mass is 950 g/mol. The summed E-state index contributed by atoms with van der Waals surface area (Å²) in [6.07, 6.45) is 63.0. The summed E-state index contributed by atoms with van der Waals surface area (Å²) in [5.41, 5.74) is 5.37. The van der Waals surface area contributed by atoms with Gasteiger partial charge in [0.05, 0.1) is 13.2 Å². The summed E-state index contributed by atoms with van der Waals surface area (Å²) < 4.78 is 33.0. The van der Waals surface area contributed by atoms with Crippen molar-refractivity contribution in [2.75, 3.05) is 26.4 Å². The Morgan fingerprint density at radius 1 is 0.455 bits per heavy atom. The molecule has 2 atom stereocenters. The third-order valence-electron chi connectivity index (χ3n) is 11.9. The van der Waals surface area contributed by atoms with Crippen molar-refractivity contribution in [3.8, 4) is 0 Å². The molecule has 9 nitrogen and oxygen atoms in total. The molecule has 0 fully saturated rings. The molecule has 0 aromatic carbocycles. The molecule has 0 aliphatic heterocycles. The smallest absolute Gasteiger partial charge is 0.462 e. The molecular weight excluding hydrogens is 846 g/mol. The van der Waals surface area contributed by atoms with Crippen LogP contribution in [-0.4, -0.2) is 49.3 Å². The van der Waals surface area contributed by atoms with Crippen LogP contribution in [0.5, 0.6) is 0 Å². The maximum absolute atomic E-state index is 12.7. The molecule has 0 saturated carbocycles. The van der Waals surface area contributed by atoms with Gasteiger partial charge in [0.1, 0.15) is 6.61 Å². The van der Waals surface area contributed by atoms with Crippen LogP contribution < -0.4 is 5.73 Å². The van der Waals surface area contributed by atoms with Crippen molar-refractivity contribution in [2.24, 2.45) is 5.73 Å². The van der Waals surface area contributed by atoms with Crippen LogP contribution >= 0.6 is 7.82 Å². The largest absolute Gasteiger partial charge is 0.472 e. The van der Waals surface area contributed by atoms with Crippen molar-refractivity contribution in [3.05, 3.63) is 48.6 Å².